The topological polar surface area (TPSA) is 44.0 Å². The van der Waals surface area contributed by atoms with Gasteiger partial charge in [-0.25, -0.2) is 0 Å². The predicted octanol–water partition coefficient (Wildman–Crippen LogP) is 4.53. The van der Waals surface area contributed by atoms with Gasteiger partial charge < -0.3 is 5.11 Å². The van der Waals surface area contributed by atoms with E-state index in [0.29, 0.717) is 5.56 Å². The summed E-state index contributed by atoms with van der Waals surface area (Å²) in [6.07, 6.45) is -0.558. The van der Waals surface area contributed by atoms with Crippen molar-refractivity contribution in [1.29, 1.82) is 5.26 Å². The molecular formula is C15H12BrNOS. The van der Waals surface area contributed by atoms with Crippen molar-refractivity contribution in [3.8, 4) is 6.07 Å². The van der Waals surface area contributed by atoms with Crippen LogP contribution in [0.2, 0.25) is 0 Å². The van der Waals surface area contributed by atoms with Crippen LogP contribution in [0.5, 0.6) is 0 Å². The van der Waals surface area contributed by atoms with Gasteiger partial charge in [-0.3, -0.25) is 0 Å². The van der Waals surface area contributed by atoms with Gasteiger partial charge in [-0.1, -0.05) is 30.0 Å². The minimum Gasteiger partial charge on any atom is -0.389 e. The molecule has 0 aliphatic rings. The Morgan fingerprint density at radius 2 is 1.95 bits per heavy atom. The Labute approximate surface area is 125 Å². The number of hydrogen-bond donors (Lipinski definition) is 1. The molecule has 0 bridgehead atoms. The zero-order chi connectivity index (χ0) is 13.8. The molecular weight excluding hydrogens is 322 g/mol. The van der Waals surface area contributed by atoms with Crippen LogP contribution in [-0.2, 0) is 0 Å². The van der Waals surface area contributed by atoms with Crippen molar-refractivity contribution in [1.82, 2.24) is 0 Å². The number of nitrogens with zero attached hydrogens (tertiary/aromatic N) is 1. The standard InChI is InChI=1S/C15H12BrNOS/c1-10(18)12-7-6-11(9-17)8-15(12)19-14-5-3-2-4-13(14)16/h2-8,10,18H,1H3/t10-/m0/s1. The molecule has 0 unspecified atom stereocenters. The fourth-order valence-corrected chi connectivity index (χ4v) is 3.30. The monoisotopic (exact) mass is 333 g/mol. The molecule has 1 N–H and O–H groups in total. The Hall–Kier alpha value is -1.28. The molecule has 2 aromatic carbocycles. The molecule has 4 heteroatoms. The Bertz CT molecular complexity index is 634. The average Bonchev–Trinajstić information content (AvgIpc) is 2.41. The zero-order valence-electron chi connectivity index (χ0n) is 10.3. The molecule has 0 fully saturated rings. The van der Waals surface area contributed by atoms with Crippen LogP contribution in [0.1, 0.15) is 24.2 Å². The van der Waals surface area contributed by atoms with Crippen LogP contribution >= 0.6 is 27.7 Å². The molecule has 96 valence electrons. The van der Waals surface area contributed by atoms with Gasteiger partial charge in [0.05, 0.1) is 17.7 Å². The number of aliphatic hydroxyl groups excluding tert-OH is 1. The van der Waals surface area contributed by atoms with Crippen molar-refractivity contribution in [3.05, 3.63) is 58.1 Å². The number of nitriles is 1. The van der Waals surface area contributed by atoms with Crippen LogP contribution < -0.4 is 0 Å². The first-order chi connectivity index (χ1) is 9.11. The van der Waals surface area contributed by atoms with Crippen molar-refractivity contribution in [3.63, 3.8) is 0 Å². The molecule has 0 aromatic heterocycles. The lowest BCUT2D eigenvalue weighted by Gasteiger charge is -2.12. The summed E-state index contributed by atoms with van der Waals surface area (Å²) in [6.45, 7) is 1.73. The first-order valence-electron chi connectivity index (χ1n) is 5.76. The highest BCUT2D eigenvalue weighted by molar-refractivity contribution is 9.10. The lowest BCUT2D eigenvalue weighted by molar-refractivity contribution is 0.196. The molecule has 0 radical (unpaired) electrons. The summed E-state index contributed by atoms with van der Waals surface area (Å²) in [7, 11) is 0. The molecule has 1 atom stereocenters. The van der Waals surface area contributed by atoms with E-state index in [0.717, 1.165) is 19.8 Å². The van der Waals surface area contributed by atoms with E-state index in [-0.39, 0.29) is 0 Å². The van der Waals surface area contributed by atoms with Crippen molar-refractivity contribution < 1.29 is 5.11 Å². The highest BCUT2D eigenvalue weighted by Gasteiger charge is 2.11. The van der Waals surface area contributed by atoms with Crippen molar-refractivity contribution >= 4 is 27.7 Å². The van der Waals surface area contributed by atoms with Gasteiger partial charge in [0.2, 0.25) is 0 Å². The molecule has 0 saturated carbocycles. The SMILES string of the molecule is C[C@H](O)c1ccc(C#N)cc1Sc1ccccc1Br. The molecule has 0 aliphatic heterocycles. The summed E-state index contributed by atoms with van der Waals surface area (Å²) >= 11 is 5.04. The van der Waals surface area contributed by atoms with E-state index in [1.54, 1.807) is 24.8 Å². The third kappa shape index (κ3) is 3.38. The summed E-state index contributed by atoms with van der Waals surface area (Å²) in [6, 6.07) is 15.4. The predicted molar refractivity (Wildman–Crippen MR) is 80.1 cm³/mol. The number of rotatable bonds is 3. The Morgan fingerprint density at radius 3 is 2.58 bits per heavy atom. The summed E-state index contributed by atoms with van der Waals surface area (Å²) in [4.78, 5) is 1.96. The average molecular weight is 334 g/mol. The van der Waals surface area contributed by atoms with E-state index in [4.69, 9.17) is 5.26 Å². The summed E-state index contributed by atoms with van der Waals surface area (Å²) in [5, 5.41) is 18.8. The van der Waals surface area contributed by atoms with Crippen LogP contribution in [-0.4, -0.2) is 5.11 Å². The van der Waals surface area contributed by atoms with Crippen molar-refractivity contribution in [2.24, 2.45) is 0 Å². The van der Waals surface area contributed by atoms with Gasteiger partial charge in [-0.15, -0.1) is 0 Å². The van der Waals surface area contributed by atoms with E-state index in [1.165, 1.54) is 0 Å². The fraction of sp³-hybridized carbons (Fsp3) is 0.133. The van der Waals surface area contributed by atoms with E-state index in [1.807, 2.05) is 36.4 Å². The molecule has 2 nitrogen and oxygen atoms in total. The highest BCUT2D eigenvalue weighted by atomic mass is 79.9. The second kappa shape index (κ2) is 6.25. The van der Waals surface area contributed by atoms with Gasteiger partial charge in [0.15, 0.2) is 0 Å². The minimum absolute atomic E-state index is 0.558. The van der Waals surface area contributed by atoms with Gasteiger partial charge in [0.25, 0.3) is 0 Å². The van der Waals surface area contributed by atoms with Gasteiger partial charge in [-0.05, 0) is 52.7 Å². The Kier molecular flexibility index (Phi) is 4.65. The lowest BCUT2D eigenvalue weighted by atomic mass is 10.1. The van der Waals surface area contributed by atoms with Crippen LogP contribution in [0.15, 0.2) is 56.7 Å². The maximum Gasteiger partial charge on any atom is 0.0992 e. The number of aliphatic hydroxyl groups is 1. The first-order valence-corrected chi connectivity index (χ1v) is 7.37. The molecule has 0 amide bonds. The van der Waals surface area contributed by atoms with Crippen LogP contribution in [0.4, 0.5) is 0 Å². The van der Waals surface area contributed by atoms with Gasteiger partial charge in [0.1, 0.15) is 0 Å². The van der Waals surface area contributed by atoms with Crippen LogP contribution in [0.25, 0.3) is 0 Å². The Balaban J connectivity index is 2.44. The van der Waals surface area contributed by atoms with Crippen molar-refractivity contribution in [2.75, 3.05) is 0 Å². The molecule has 0 saturated heterocycles. The fourth-order valence-electron chi connectivity index (χ4n) is 1.68. The Morgan fingerprint density at radius 1 is 1.21 bits per heavy atom. The quantitative estimate of drug-likeness (QED) is 0.897. The molecule has 2 aromatic rings. The van der Waals surface area contributed by atoms with Crippen molar-refractivity contribution in [2.45, 2.75) is 22.8 Å². The number of benzene rings is 2. The van der Waals surface area contributed by atoms with E-state index in [9.17, 15) is 5.11 Å². The van der Waals surface area contributed by atoms with Gasteiger partial charge in [-0.2, -0.15) is 5.26 Å². The molecule has 0 spiro atoms. The first kappa shape index (κ1) is 14.1. The largest absolute Gasteiger partial charge is 0.389 e. The third-order valence-corrected chi connectivity index (χ3v) is 4.75. The normalized spacial score (nSPS) is 11.9. The number of hydrogen-bond acceptors (Lipinski definition) is 3. The highest BCUT2D eigenvalue weighted by Crippen LogP contribution is 2.37. The maximum absolute atomic E-state index is 9.81. The third-order valence-electron chi connectivity index (χ3n) is 2.65. The summed E-state index contributed by atoms with van der Waals surface area (Å²) in [5.74, 6) is 0. The van der Waals surface area contributed by atoms with Crippen LogP contribution in [0, 0.1) is 11.3 Å². The van der Waals surface area contributed by atoms with E-state index in [2.05, 4.69) is 22.0 Å². The zero-order valence-corrected chi connectivity index (χ0v) is 12.7. The van der Waals surface area contributed by atoms with Gasteiger partial charge >= 0.3 is 0 Å². The van der Waals surface area contributed by atoms with E-state index >= 15 is 0 Å². The molecule has 2 rings (SSSR count). The maximum atomic E-state index is 9.81. The second-order valence-corrected chi connectivity index (χ2v) is 6.01. The molecule has 0 aliphatic carbocycles. The summed E-state index contributed by atoms with van der Waals surface area (Å²) < 4.78 is 0.999. The molecule has 0 heterocycles. The second-order valence-electron chi connectivity index (χ2n) is 4.07. The van der Waals surface area contributed by atoms with Gasteiger partial charge in [0, 0.05) is 14.3 Å². The smallest absolute Gasteiger partial charge is 0.0992 e. The minimum atomic E-state index is -0.558. The number of halogens is 1. The molecule has 19 heavy (non-hydrogen) atoms. The van der Waals surface area contributed by atoms with Crippen LogP contribution in [0.3, 0.4) is 0 Å². The summed E-state index contributed by atoms with van der Waals surface area (Å²) in [5.41, 5.74) is 1.43. The lowest BCUT2D eigenvalue weighted by Crippen LogP contribution is -1.95. The van der Waals surface area contributed by atoms with E-state index < -0.39 is 6.10 Å².